The number of para-hydroxylation sites is 2. The van der Waals surface area contributed by atoms with Crippen LogP contribution in [0.3, 0.4) is 0 Å². The van der Waals surface area contributed by atoms with Gasteiger partial charge in [-0.3, -0.25) is 4.79 Å². The fraction of sp³-hybridized carbons (Fsp3) is 0.419. The number of carbonyl (C=O) groups excluding carboxylic acids is 2. The van der Waals surface area contributed by atoms with Gasteiger partial charge in [0, 0.05) is 32.7 Å². The number of rotatable bonds is 17. The number of ether oxygens (including phenoxy) is 4. The van der Waals surface area contributed by atoms with E-state index in [-0.39, 0.29) is 5.91 Å². The first-order valence-electron chi connectivity index (χ1n) is 14.4. The van der Waals surface area contributed by atoms with Crippen molar-refractivity contribution in [2.24, 2.45) is 0 Å². The maximum absolute atomic E-state index is 12.3. The van der Waals surface area contributed by atoms with E-state index in [0.717, 1.165) is 64.0 Å². The summed E-state index contributed by atoms with van der Waals surface area (Å²) in [6.07, 6.45) is 6.65. The van der Waals surface area contributed by atoms with Gasteiger partial charge in [0.05, 0.1) is 28.4 Å². The van der Waals surface area contributed by atoms with Gasteiger partial charge in [0.2, 0.25) is 16.2 Å². The minimum Gasteiger partial charge on any atom is -0.493 e. The zero-order valence-electron chi connectivity index (χ0n) is 26.3. The second kappa shape index (κ2) is 19.2. The van der Waals surface area contributed by atoms with Gasteiger partial charge in [0.15, 0.2) is 23.0 Å². The number of anilines is 2. The van der Waals surface area contributed by atoms with Gasteiger partial charge in [-0.25, -0.2) is 0 Å². The van der Waals surface area contributed by atoms with Crippen LogP contribution in [-0.2, 0) is 35.3 Å². The number of unbranched alkanes of at least 4 members (excludes halogenated alkanes) is 1. The van der Waals surface area contributed by atoms with Crippen LogP contribution in [0, 0.1) is 0 Å². The lowest BCUT2D eigenvalue weighted by atomic mass is 10.1. The van der Waals surface area contributed by atoms with Crippen LogP contribution >= 0.6 is 22.7 Å². The molecule has 2 N–H and O–H groups in total. The van der Waals surface area contributed by atoms with Gasteiger partial charge in [-0.15, -0.1) is 20.4 Å². The number of aldehydes is 1. The monoisotopic (exact) mass is 656 g/mol. The van der Waals surface area contributed by atoms with Gasteiger partial charge in [-0.2, -0.15) is 0 Å². The fourth-order valence-electron chi connectivity index (χ4n) is 4.36. The Balaban J connectivity index is 0.000000330. The predicted molar refractivity (Wildman–Crippen MR) is 176 cm³/mol. The third kappa shape index (κ3) is 11.0. The molecule has 0 aliphatic heterocycles. The summed E-state index contributed by atoms with van der Waals surface area (Å²) < 4.78 is 21.1. The van der Waals surface area contributed by atoms with Gasteiger partial charge in [-0.05, 0) is 48.9 Å². The average molecular weight is 657 g/mol. The second-order valence-corrected chi connectivity index (χ2v) is 11.6. The van der Waals surface area contributed by atoms with Crippen LogP contribution in [-0.4, -0.2) is 68.1 Å². The lowest BCUT2D eigenvalue weighted by Gasteiger charge is -2.12. The highest BCUT2D eigenvalue weighted by Gasteiger charge is 2.13. The SMILES string of the molecule is CNc1nnc(CCCCc2nnc(NC(=O)CCc3cccc(OC)c3OC)s2)s1.COc1cccc(CCC=O)c1OC. The van der Waals surface area contributed by atoms with Crippen molar-refractivity contribution in [1.29, 1.82) is 0 Å². The van der Waals surface area contributed by atoms with E-state index in [9.17, 15) is 9.59 Å². The van der Waals surface area contributed by atoms with Crippen molar-refractivity contribution in [1.82, 2.24) is 20.4 Å². The minimum atomic E-state index is -0.107. The van der Waals surface area contributed by atoms with E-state index in [1.165, 1.54) is 11.3 Å². The van der Waals surface area contributed by atoms with Gasteiger partial charge in [0.1, 0.15) is 16.3 Å². The zero-order valence-corrected chi connectivity index (χ0v) is 27.9. The molecule has 242 valence electrons. The molecule has 2 heterocycles. The first-order valence-corrected chi connectivity index (χ1v) is 16.0. The Labute approximate surface area is 271 Å². The van der Waals surface area contributed by atoms with Gasteiger partial charge >= 0.3 is 0 Å². The molecule has 0 fully saturated rings. The lowest BCUT2D eigenvalue weighted by Crippen LogP contribution is -2.12. The Kier molecular flexibility index (Phi) is 15.0. The quantitative estimate of drug-likeness (QED) is 0.111. The summed E-state index contributed by atoms with van der Waals surface area (Å²) in [5.74, 6) is 2.63. The smallest absolute Gasteiger partial charge is 0.226 e. The Hall–Kier alpha value is -4.30. The summed E-state index contributed by atoms with van der Waals surface area (Å²) in [7, 11) is 8.23. The fourth-order valence-corrected chi connectivity index (χ4v) is 5.89. The van der Waals surface area contributed by atoms with Crippen molar-refractivity contribution in [3.63, 3.8) is 0 Å². The molecule has 4 rings (SSSR count). The van der Waals surface area contributed by atoms with Crippen molar-refractivity contribution >= 4 is 45.1 Å². The molecule has 45 heavy (non-hydrogen) atoms. The van der Waals surface area contributed by atoms with Crippen LogP contribution in [0.2, 0.25) is 0 Å². The number of hydrogen-bond donors (Lipinski definition) is 2. The van der Waals surface area contributed by atoms with Gasteiger partial charge in [-0.1, -0.05) is 46.9 Å². The van der Waals surface area contributed by atoms with Crippen LogP contribution in [0.4, 0.5) is 10.3 Å². The number of methoxy groups -OCH3 is 4. The number of carbonyl (C=O) groups is 2. The summed E-state index contributed by atoms with van der Waals surface area (Å²) >= 11 is 2.99. The molecule has 14 heteroatoms. The highest BCUT2D eigenvalue weighted by molar-refractivity contribution is 7.15. The van der Waals surface area contributed by atoms with Crippen molar-refractivity contribution < 1.29 is 28.5 Å². The molecular weight excluding hydrogens is 617 g/mol. The van der Waals surface area contributed by atoms with Crippen LogP contribution in [0.15, 0.2) is 36.4 Å². The van der Waals surface area contributed by atoms with Crippen molar-refractivity contribution in [3.05, 3.63) is 57.5 Å². The summed E-state index contributed by atoms with van der Waals surface area (Å²) in [6.45, 7) is 0. The Morgan fingerprint density at radius 3 is 1.76 bits per heavy atom. The number of aromatic nitrogens is 4. The van der Waals surface area contributed by atoms with Crippen molar-refractivity contribution in [2.45, 2.75) is 51.4 Å². The molecule has 0 unspecified atom stereocenters. The molecule has 0 atom stereocenters. The van der Waals surface area contributed by atoms with Crippen molar-refractivity contribution in [2.75, 3.05) is 46.1 Å². The molecule has 12 nitrogen and oxygen atoms in total. The van der Waals surface area contributed by atoms with Crippen LogP contribution in [0.1, 0.15) is 46.8 Å². The molecule has 0 aliphatic carbocycles. The molecule has 0 bridgehead atoms. The van der Waals surface area contributed by atoms with Gasteiger partial charge < -0.3 is 34.4 Å². The lowest BCUT2D eigenvalue weighted by molar-refractivity contribution is -0.116. The molecular formula is C31H40N6O6S2. The topological polar surface area (TPSA) is 147 Å². The summed E-state index contributed by atoms with van der Waals surface area (Å²) in [5.41, 5.74) is 1.92. The first-order chi connectivity index (χ1) is 22.0. The molecule has 2 aromatic heterocycles. The van der Waals surface area contributed by atoms with E-state index in [4.69, 9.17) is 18.9 Å². The maximum atomic E-state index is 12.3. The normalized spacial score (nSPS) is 10.3. The number of nitrogens with one attached hydrogen (secondary N) is 2. The Morgan fingerprint density at radius 1 is 0.733 bits per heavy atom. The molecule has 0 saturated heterocycles. The Morgan fingerprint density at radius 2 is 1.27 bits per heavy atom. The summed E-state index contributed by atoms with van der Waals surface area (Å²) in [5, 5.41) is 25.6. The van der Waals surface area contributed by atoms with E-state index >= 15 is 0 Å². The number of aryl methyl sites for hydroxylation is 4. The number of hydrogen-bond acceptors (Lipinski definition) is 13. The van der Waals surface area contributed by atoms with E-state index in [2.05, 4.69) is 31.0 Å². The standard InChI is InChI=1S/C20H26N6O3S2.C11H14O3/c1-21-19-25-23-16(30-19)9-4-5-10-17-24-26-20(31-17)22-15(27)12-11-13-7-6-8-14(28-2)18(13)29-3;1-13-10-7-3-5-9(6-4-8-12)11(10)14-2/h6-8H,4-5,9-12H2,1-3H3,(H,21,25)(H,22,26,27);3,5,7-8H,4,6H2,1-2H3. The molecule has 2 aromatic carbocycles. The highest BCUT2D eigenvalue weighted by Crippen LogP contribution is 2.32. The second-order valence-electron chi connectivity index (χ2n) is 9.52. The molecule has 0 spiro atoms. The largest absolute Gasteiger partial charge is 0.493 e. The average Bonchev–Trinajstić information content (AvgIpc) is 3.73. The predicted octanol–water partition coefficient (Wildman–Crippen LogP) is 5.42. The van der Waals surface area contributed by atoms with E-state index in [1.807, 2.05) is 43.4 Å². The first kappa shape index (κ1) is 35.2. The van der Waals surface area contributed by atoms with E-state index < -0.39 is 0 Å². The van der Waals surface area contributed by atoms with Crippen LogP contribution in [0.25, 0.3) is 0 Å². The Bertz CT molecular complexity index is 1490. The molecule has 0 saturated carbocycles. The molecule has 1 amide bonds. The molecule has 4 aromatic rings. The number of benzene rings is 2. The zero-order chi connectivity index (χ0) is 32.4. The van der Waals surface area contributed by atoms with Crippen LogP contribution < -0.4 is 29.6 Å². The minimum absolute atomic E-state index is 0.107. The number of nitrogens with zero attached hydrogens (tertiary/aromatic N) is 4. The number of amides is 1. The van der Waals surface area contributed by atoms with E-state index in [1.54, 1.807) is 39.8 Å². The molecule has 0 aliphatic rings. The summed E-state index contributed by atoms with van der Waals surface area (Å²) in [4.78, 5) is 22.6. The summed E-state index contributed by atoms with van der Waals surface area (Å²) in [6, 6.07) is 11.3. The maximum Gasteiger partial charge on any atom is 0.226 e. The van der Waals surface area contributed by atoms with Crippen LogP contribution in [0.5, 0.6) is 23.0 Å². The van der Waals surface area contributed by atoms with E-state index in [0.29, 0.717) is 48.1 Å². The third-order valence-corrected chi connectivity index (χ3v) is 8.45. The highest BCUT2D eigenvalue weighted by atomic mass is 32.1. The third-order valence-electron chi connectivity index (χ3n) is 6.55. The van der Waals surface area contributed by atoms with Gasteiger partial charge in [0.25, 0.3) is 0 Å². The molecule has 0 radical (unpaired) electrons. The van der Waals surface area contributed by atoms with Crippen molar-refractivity contribution in [3.8, 4) is 23.0 Å².